The van der Waals surface area contributed by atoms with Crippen molar-refractivity contribution in [3.8, 4) is 5.75 Å². The summed E-state index contributed by atoms with van der Waals surface area (Å²) in [6.07, 6.45) is 0. The van der Waals surface area contributed by atoms with Gasteiger partial charge >= 0.3 is 0 Å². The van der Waals surface area contributed by atoms with Gasteiger partial charge in [-0.15, -0.1) is 0 Å². The van der Waals surface area contributed by atoms with Crippen LogP contribution in [0.2, 0.25) is 0 Å². The Bertz CT molecular complexity index is 780. The molecule has 0 spiro atoms. The molecule has 2 aromatic carbocycles. The van der Waals surface area contributed by atoms with Crippen LogP contribution in [-0.4, -0.2) is 15.9 Å². The van der Waals surface area contributed by atoms with Crippen molar-refractivity contribution >= 4 is 11.6 Å². The Kier molecular flexibility index (Phi) is 5.38. The van der Waals surface area contributed by atoms with Crippen LogP contribution in [0.15, 0.2) is 42.5 Å². The molecule has 132 valence electrons. The fourth-order valence-corrected chi connectivity index (χ4v) is 2.24. The highest BCUT2D eigenvalue weighted by Gasteiger charge is 2.14. The third-order valence-electron chi connectivity index (χ3n) is 3.77. The number of non-ortho nitro benzene ring substituents is 1. The fraction of sp³-hybridized carbons (Fsp3) is 0.278. The number of benzene rings is 2. The molecule has 0 saturated carbocycles. The second-order valence-electron chi connectivity index (χ2n) is 6.71. The molecule has 0 saturated heterocycles. The highest BCUT2D eigenvalue weighted by molar-refractivity contribution is 5.93. The monoisotopic (exact) mass is 343 g/mol. The number of nitrogens with zero attached hydrogens (tertiary/aromatic N) is 1. The molecule has 0 fully saturated rings. The molecular weight excluding hydrogens is 322 g/mol. The number of rotatable bonds is 5. The number of phenols is 1. The fourth-order valence-electron chi connectivity index (χ4n) is 2.24. The van der Waals surface area contributed by atoms with Crippen LogP contribution in [0, 0.1) is 10.1 Å². The first-order valence-corrected chi connectivity index (χ1v) is 7.78. The molecule has 2 aromatic rings. The minimum atomic E-state index is -0.543. The standard InChI is InChI=1S/C18H21N3O4/c1-18(2,3)14-6-4-12(5-7-14)17(23)20-19-11-13-10-15(21(24)25)8-9-16(13)22/h4-10,19,22H,11H2,1-3H3,(H,20,23). The predicted octanol–water partition coefficient (Wildman–Crippen LogP) is 3.03. The summed E-state index contributed by atoms with van der Waals surface area (Å²) in [5, 5.41) is 20.5. The molecule has 25 heavy (non-hydrogen) atoms. The summed E-state index contributed by atoms with van der Waals surface area (Å²) in [6.45, 7) is 6.33. The molecular formula is C18H21N3O4. The van der Waals surface area contributed by atoms with Gasteiger partial charge in [0.15, 0.2) is 0 Å². The third kappa shape index (κ3) is 4.77. The number of amides is 1. The molecule has 7 heteroatoms. The zero-order valence-corrected chi connectivity index (χ0v) is 14.4. The van der Waals surface area contributed by atoms with Gasteiger partial charge in [-0.05, 0) is 29.2 Å². The molecule has 7 nitrogen and oxygen atoms in total. The highest BCUT2D eigenvalue weighted by atomic mass is 16.6. The van der Waals surface area contributed by atoms with Crippen molar-refractivity contribution in [3.63, 3.8) is 0 Å². The van der Waals surface area contributed by atoms with Gasteiger partial charge in [-0.1, -0.05) is 32.9 Å². The molecule has 1 amide bonds. The predicted molar refractivity (Wildman–Crippen MR) is 94.2 cm³/mol. The van der Waals surface area contributed by atoms with E-state index < -0.39 is 4.92 Å². The lowest BCUT2D eigenvalue weighted by atomic mass is 9.87. The van der Waals surface area contributed by atoms with Gasteiger partial charge < -0.3 is 5.11 Å². The first-order valence-electron chi connectivity index (χ1n) is 7.78. The van der Waals surface area contributed by atoms with E-state index in [2.05, 4.69) is 31.6 Å². The SMILES string of the molecule is CC(C)(C)c1ccc(C(=O)NNCc2cc([N+](=O)[O-])ccc2O)cc1. The minimum Gasteiger partial charge on any atom is -0.508 e. The maximum atomic E-state index is 12.1. The van der Waals surface area contributed by atoms with Gasteiger partial charge in [0.2, 0.25) is 0 Å². The maximum Gasteiger partial charge on any atom is 0.270 e. The van der Waals surface area contributed by atoms with Crippen molar-refractivity contribution < 1.29 is 14.8 Å². The smallest absolute Gasteiger partial charge is 0.270 e. The van der Waals surface area contributed by atoms with Crippen molar-refractivity contribution in [1.29, 1.82) is 0 Å². The Morgan fingerprint density at radius 1 is 1.16 bits per heavy atom. The summed E-state index contributed by atoms with van der Waals surface area (Å²) >= 11 is 0. The Morgan fingerprint density at radius 3 is 2.36 bits per heavy atom. The molecule has 0 aliphatic carbocycles. The zero-order valence-electron chi connectivity index (χ0n) is 14.4. The average molecular weight is 343 g/mol. The second kappa shape index (κ2) is 7.31. The molecule has 3 N–H and O–H groups in total. The first kappa shape index (κ1) is 18.4. The van der Waals surface area contributed by atoms with E-state index >= 15 is 0 Å². The summed E-state index contributed by atoms with van der Waals surface area (Å²) in [7, 11) is 0. The molecule has 2 rings (SSSR count). The molecule has 0 atom stereocenters. The van der Waals surface area contributed by atoms with Gasteiger partial charge in [0.1, 0.15) is 5.75 Å². The van der Waals surface area contributed by atoms with Gasteiger partial charge in [0.25, 0.3) is 11.6 Å². The van der Waals surface area contributed by atoms with Gasteiger partial charge in [-0.25, -0.2) is 5.43 Å². The van der Waals surface area contributed by atoms with Crippen LogP contribution in [0.25, 0.3) is 0 Å². The topological polar surface area (TPSA) is 104 Å². The van der Waals surface area contributed by atoms with E-state index in [-0.39, 0.29) is 29.3 Å². The van der Waals surface area contributed by atoms with E-state index in [0.29, 0.717) is 11.1 Å². The third-order valence-corrected chi connectivity index (χ3v) is 3.77. The summed E-state index contributed by atoms with van der Waals surface area (Å²) in [6, 6.07) is 11.0. The van der Waals surface area contributed by atoms with Crippen LogP contribution < -0.4 is 10.9 Å². The number of phenolic OH excluding ortho intramolecular Hbond substituents is 1. The summed E-state index contributed by atoms with van der Waals surface area (Å²) < 4.78 is 0. The lowest BCUT2D eigenvalue weighted by molar-refractivity contribution is -0.384. The number of aromatic hydroxyl groups is 1. The van der Waals surface area contributed by atoms with Crippen LogP contribution in [-0.2, 0) is 12.0 Å². The molecule has 0 aliphatic rings. The van der Waals surface area contributed by atoms with E-state index in [0.717, 1.165) is 5.56 Å². The maximum absolute atomic E-state index is 12.1. The lowest BCUT2D eigenvalue weighted by Crippen LogP contribution is -2.36. The zero-order chi connectivity index (χ0) is 18.6. The molecule has 0 aliphatic heterocycles. The van der Waals surface area contributed by atoms with Crippen molar-refractivity contribution in [2.24, 2.45) is 0 Å². The number of nitrogens with one attached hydrogen (secondary N) is 2. The van der Waals surface area contributed by atoms with E-state index in [1.807, 2.05) is 12.1 Å². The Hall–Kier alpha value is -2.93. The van der Waals surface area contributed by atoms with Crippen molar-refractivity contribution in [3.05, 3.63) is 69.3 Å². The minimum absolute atomic E-state index is 0.00676. The van der Waals surface area contributed by atoms with E-state index in [9.17, 15) is 20.0 Å². The highest BCUT2D eigenvalue weighted by Crippen LogP contribution is 2.23. The van der Waals surface area contributed by atoms with Crippen LogP contribution >= 0.6 is 0 Å². The molecule has 0 heterocycles. The van der Waals surface area contributed by atoms with Crippen molar-refractivity contribution in [2.45, 2.75) is 32.7 Å². The van der Waals surface area contributed by atoms with Crippen molar-refractivity contribution in [1.82, 2.24) is 10.9 Å². The van der Waals surface area contributed by atoms with Crippen LogP contribution in [0.4, 0.5) is 5.69 Å². The molecule has 0 bridgehead atoms. The van der Waals surface area contributed by atoms with Crippen LogP contribution in [0.1, 0.15) is 42.3 Å². The summed E-state index contributed by atoms with van der Waals surface area (Å²) in [5.74, 6) is -0.410. The second-order valence-corrected chi connectivity index (χ2v) is 6.71. The number of hydrogen-bond acceptors (Lipinski definition) is 5. The van der Waals surface area contributed by atoms with Crippen molar-refractivity contribution in [2.75, 3.05) is 0 Å². The number of nitro groups is 1. The number of hydrogen-bond donors (Lipinski definition) is 3. The summed E-state index contributed by atoms with van der Waals surface area (Å²) in [5.41, 5.74) is 6.99. The Balaban J connectivity index is 1.97. The number of nitro benzene ring substituents is 1. The number of carbonyl (C=O) groups excluding carboxylic acids is 1. The van der Waals surface area contributed by atoms with Gasteiger partial charge in [-0.2, -0.15) is 0 Å². The Morgan fingerprint density at radius 2 is 1.80 bits per heavy atom. The largest absolute Gasteiger partial charge is 0.508 e. The van der Waals surface area contributed by atoms with E-state index in [4.69, 9.17) is 0 Å². The molecule has 0 radical (unpaired) electrons. The normalized spacial score (nSPS) is 11.2. The van der Waals surface area contributed by atoms with Gasteiger partial charge in [0.05, 0.1) is 4.92 Å². The summed E-state index contributed by atoms with van der Waals surface area (Å²) in [4.78, 5) is 22.3. The van der Waals surface area contributed by atoms with E-state index in [1.165, 1.54) is 18.2 Å². The average Bonchev–Trinajstić information content (AvgIpc) is 2.55. The van der Waals surface area contributed by atoms with Gasteiger partial charge in [-0.3, -0.25) is 20.3 Å². The number of carbonyl (C=O) groups is 1. The first-order chi connectivity index (χ1) is 11.7. The van der Waals surface area contributed by atoms with Crippen LogP contribution in [0.5, 0.6) is 5.75 Å². The number of hydrazine groups is 1. The Labute approximate surface area is 145 Å². The quantitative estimate of drug-likeness (QED) is 0.572. The lowest BCUT2D eigenvalue weighted by Gasteiger charge is -2.19. The molecule has 0 aromatic heterocycles. The van der Waals surface area contributed by atoms with E-state index in [1.54, 1.807) is 12.1 Å². The van der Waals surface area contributed by atoms with Gasteiger partial charge in [0, 0.05) is 29.8 Å². The van der Waals surface area contributed by atoms with Crippen LogP contribution in [0.3, 0.4) is 0 Å². The molecule has 0 unspecified atom stereocenters.